The Morgan fingerprint density at radius 2 is 2.06 bits per heavy atom. The number of halogens is 1. The maximum absolute atomic E-state index is 13.0. The van der Waals surface area contributed by atoms with Crippen molar-refractivity contribution in [3.63, 3.8) is 0 Å². The molecule has 35 heavy (non-hydrogen) atoms. The Bertz CT molecular complexity index is 795. The minimum Gasteiger partial charge on any atom is -0.489 e. The number of carbonyl (C=O) groups is 3. The molecule has 2 aliphatic heterocycles. The topological polar surface area (TPSA) is 120 Å². The van der Waals surface area contributed by atoms with Crippen LogP contribution in [-0.4, -0.2) is 86.6 Å². The van der Waals surface area contributed by atoms with Gasteiger partial charge in [-0.3, -0.25) is 19.4 Å². The number of hydrogen-bond acceptors (Lipinski definition) is 6. The number of carbonyl (C=O) groups excluding carboxylic acids is 2. The molecule has 2 atom stereocenters. The van der Waals surface area contributed by atoms with Crippen LogP contribution in [0, 0.1) is 11.8 Å². The number of allylic oxidation sites excluding steroid dienone is 1. The number of rotatable bonds is 13. The lowest BCUT2D eigenvalue weighted by Crippen LogP contribution is -2.48. The number of hydrogen-bond donors (Lipinski definition) is 3. The second kappa shape index (κ2) is 15.3. The molecule has 0 radical (unpaired) electrons. The zero-order valence-corrected chi connectivity index (χ0v) is 20.6. The van der Waals surface area contributed by atoms with Crippen molar-refractivity contribution < 1.29 is 28.6 Å². The van der Waals surface area contributed by atoms with Gasteiger partial charge in [-0.2, -0.15) is 0 Å². The number of likely N-dealkylation sites (tertiary alicyclic amines) is 1. The van der Waals surface area contributed by atoms with Crippen molar-refractivity contribution in [2.45, 2.75) is 51.0 Å². The third-order valence-corrected chi connectivity index (χ3v) is 6.44. The average molecular weight is 495 g/mol. The Morgan fingerprint density at radius 3 is 2.71 bits per heavy atom. The number of piperidine rings is 2. The number of carboxylic acids is 1. The third kappa shape index (κ3) is 10.2. The molecule has 2 aliphatic rings. The maximum Gasteiger partial charge on any atom is 0.305 e. The summed E-state index contributed by atoms with van der Waals surface area (Å²) in [6, 6.07) is -0.875. The van der Waals surface area contributed by atoms with Gasteiger partial charge >= 0.3 is 5.97 Å². The highest BCUT2D eigenvalue weighted by Gasteiger charge is 2.30. The Kier molecular flexibility index (Phi) is 12.4. The minimum atomic E-state index is -1.10. The molecule has 9 nitrogen and oxygen atoms in total. The van der Waals surface area contributed by atoms with Crippen LogP contribution in [0.25, 0.3) is 0 Å². The van der Waals surface area contributed by atoms with Crippen LogP contribution < -0.4 is 10.6 Å². The first-order chi connectivity index (χ1) is 16.8. The molecule has 196 valence electrons. The normalized spacial score (nSPS) is 20.5. The molecule has 3 N–H and O–H groups in total. The monoisotopic (exact) mass is 494 g/mol. The van der Waals surface area contributed by atoms with E-state index in [1.807, 2.05) is 0 Å². The van der Waals surface area contributed by atoms with E-state index in [1.54, 1.807) is 4.90 Å². The molecule has 2 fully saturated rings. The van der Waals surface area contributed by atoms with E-state index < -0.39 is 24.6 Å². The van der Waals surface area contributed by atoms with Crippen molar-refractivity contribution in [1.82, 2.24) is 15.5 Å². The highest BCUT2D eigenvalue weighted by atomic mass is 19.1. The largest absolute Gasteiger partial charge is 0.489 e. The summed E-state index contributed by atoms with van der Waals surface area (Å²) in [4.78, 5) is 42.8. The molecule has 0 bridgehead atoms. The van der Waals surface area contributed by atoms with Crippen LogP contribution in [0.5, 0.6) is 0 Å². The van der Waals surface area contributed by atoms with Crippen LogP contribution in [0.1, 0.15) is 44.9 Å². The fraction of sp³-hybridized carbons (Fsp3) is 0.680. The number of nitrogens with zero attached hydrogens (tertiary/aromatic N) is 2. The molecular formula is C25H39FN4O5. The number of ether oxygens (including phenoxy) is 1. The summed E-state index contributed by atoms with van der Waals surface area (Å²) in [5.41, 5.74) is 0.306. The van der Waals surface area contributed by atoms with Crippen molar-refractivity contribution in [2.75, 3.05) is 46.5 Å². The summed E-state index contributed by atoms with van der Waals surface area (Å²) in [6.07, 6.45) is 7.33. The molecule has 0 aliphatic carbocycles. The van der Waals surface area contributed by atoms with E-state index in [1.165, 1.54) is 19.3 Å². The van der Waals surface area contributed by atoms with Crippen LogP contribution in [0.2, 0.25) is 0 Å². The molecule has 0 aromatic carbocycles. The van der Waals surface area contributed by atoms with E-state index in [2.05, 4.69) is 22.2 Å². The van der Waals surface area contributed by atoms with E-state index in [4.69, 9.17) is 4.74 Å². The van der Waals surface area contributed by atoms with Gasteiger partial charge in [0.1, 0.15) is 19.0 Å². The first kappa shape index (κ1) is 28.5. The van der Waals surface area contributed by atoms with Gasteiger partial charge in [-0.25, -0.2) is 4.39 Å². The Balaban J connectivity index is 1.97. The van der Waals surface area contributed by atoms with Crippen LogP contribution in [0.4, 0.5) is 4.39 Å². The van der Waals surface area contributed by atoms with Crippen molar-refractivity contribution in [3.8, 4) is 0 Å². The molecule has 2 saturated heterocycles. The first-order valence-electron chi connectivity index (χ1n) is 12.4. The molecule has 0 unspecified atom stereocenters. The third-order valence-electron chi connectivity index (χ3n) is 6.44. The van der Waals surface area contributed by atoms with Crippen molar-refractivity contribution in [1.29, 1.82) is 0 Å². The summed E-state index contributed by atoms with van der Waals surface area (Å²) >= 11 is 0. The zero-order valence-electron chi connectivity index (χ0n) is 20.6. The predicted octanol–water partition coefficient (Wildman–Crippen LogP) is 2.09. The SMILES string of the molecule is C=C(/C=C(\C=N/C)OCCF)[C@H](CC(=O)O)NC(=O)[C@@H]1CCCN(C(=O)CCC2CCNCC2)C1. The number of alkyl halides is 1. The molecule has 2 rings (SSSR count). The molecule has 0 spiro atoms. The lowest BCUT2D eigenvalue weighted by Gasteiger charge is -2.33. The van der Waals surface area contributed by atoms with Gasteiger partial charge in [0.2, 0.25) is 11.8 Å². The van der Waals surface area contributed by atoms with Crippen LogP contribution >= 0.6 is 0 Å². The minimum absolute atomic E-state index is 0.0731. The van der Waals surface area contributed by atoms with E-state index in [-0.39, 0.29) is 30.6 Å². The number of amides is 2. The predicted molar refractivity (Wildman–Crippen MR) is 132 cm³/mol. The number of carboxylic acid groups (broad SMARTS) is 1. The van der Waals surface area contributed by atoms with E-state index >= 15 is 0 Å². The second-order valence-electron chi connectivity index (χ2n) is 9.12. The van der Waals surface area contributed by atoms with Gasteiger partial charge in [0.15, 0.2) is 0 Å². The summed E-state index contributed by atoms with van der Waals surface area (Å²) in [5.74, 6) is -0.960. The van der Waals surface area contributed by atoms with Crippen LogP contribution in [-0.2, 0) is 19.1 Å². The fourth-order valence-electron chi connectivity index (χ4n) is 4.50. The molecule has 10 heteroatoms. The first-order valence-corrected chi connectivity index (χ1v) is 12.4. The smallest absolute Gasteiger partial charge is 0.305 e. The van der Waals surface area contributed by atoms with E-state index in [0.717, 1.165) is 38.8 Å². The highest BCUT2D eigenvalue weighted by molar-refractivity contribution is 5.83. The van der Waals surface area contributed by atoms with E-state index in [0.29, 0.717) is 37.4 Å². The fourth-order valence-corrected chi connectivity index (χ4v) is 4.50. The lowest BCUT2D eigenvalue weighted by atomic mass is 9.92. The number of aliphatic imine (C=N–C) groups is 1. The second-order valence-corrected chi connectivity index (χ2v) is 9.12. The van der Waals surface area contributed by atoms with Crippen molar-refractivity contribution >= 4 is 24.0 Å². The van der Waals surface area contributed by atoms with Crippen LogP contribution in [0.15, 0.2) is 29.0 Å². The number of aliphatic carboxylic acids is 1. The molecule has 0 saturated carbocycles. The molecule has 2 heterocycles. The van der Waals surface area contributed by atoms with E-state index in [9.17, 15) is 23.9 Å². The maximum atomic E-state index is 13.0. The highest BCUT2D eigenvalue weighted by Crippen LogP contribution is 2.22. The molecular weight excluding hydrogens is 455 g/mol. The summed E-state index contributed by atoms with van der Waals surface area (Å²) < 4.78 is 17.7. The zero-order chi connectivity index (χ0) is 25.6. The lowest BCUT2D eigenvalue weighted by molar-refractivity contribution is -0.137. The molecule has 0 aromatic rings. The van der Waals surface area contributed by atoms with Gasteiger partial charge in [-0.05, 0) is 62.8 Å². The van der Waals surface area contributed by atoms with Crippen LogP contribution in [0.3, 0.4) is 0 Å². The van der Waals surface area contributed by atoms with Gasteiger partial charge in [-0.15, -0.1) is 0 Å². The van der Waals surface area contributed by atoms with Crippen molar-refractivity contribution in [3.05, 3.63) is 24.0 Å². The van der Waals surface area contributed by atoms with Gasteiger partial charge in [0.25, 0.3) is 0 Å². The summed E-state index contributed by atoms with van der Waals surface area (Å²) in [5, 5.41) is 15.5. The Hall–Kier alpha value is -2.75. The number of nitrogens with one attached hydrogen (secondary N) is 2. The van der Waals surface area contributed by atoms with Gasteiger partial charge in [-0.1, -0.05) is 6.58 Å². The Labute approximate surface area is 206 Å². The van der Waals surface area contributed by atoms with Crippen molar-refractivity contribution in [2.24, 2.45) is 16.8 Å². The van der Waals surface area contributed by atoms with Gasteiger partial charge in [0, 0.05) is 26.6 Å². The standard InChI is InChI=1S/C25H39FN4O5/c1-18(14-21(16-27-2)35-13-9-26)22(15-24(32)33)29-25(34)20-4-3-12-30(17-20)23(31)6-5-19-7-10-28-11-8-19/h14,16,19-20,22,28H,1,3-13,15,17H2,2H3,(H,29,34)(H,32,33)/b21-14+,27-16-/t20-,22+/m1/s1. The Morgan fingerprint density at radius 1 is 1.31 bits per heavy atom. The molecule has 0 aromatic heterocycles. The van der Waals surface area contributed by atoms with Gasteiger partial charge in [0.05, 0.1) is 24.6 Å². The summed E-state index contributed by atoms with van der Waals surface area (Å²) in [7, 11) is 1.52. The molecule has 2 amide bonds. The van der Waals surface area contributed by atoms with Gasteiger partial charge < -0.3 is 25.4 Å². The average Bonchev–Trinajstić information content (AvgIpc) is 2.85. The quantitative estimate of drug-likeness (QED) is 0.205. The summed E-state index contributed by atoms with van der Waals surface area (Å²) in [6.45, 7) is 5.98.